The molecule has 0 unspecified atom stereocenters. The van der Waals surface area contributed by atoms with Crippen molar-refractivity contribution in [2.45, 2.75) is 46.6 Å². The molecular formula is C15H29N5O2S2. The number of hydrogen-bond acceptors (Lipinski definition) is 5. The molecule has 138 valence electrons. The molecule has 3 N–H and O–H groups in total. The van der Waals surface area contributed by atoms with E-state index in [1.807, 2.05) is 27.7 Å². The van der Waals surface area contributed by atoms with E-state index in [2.05, 4.69) is 32.3 Å². The van der Waals surface area contributed by atoms with Gasteiger partial charge in [0.1, 0.15) is 0 Å². The first-order chi connectivity index (χ1) is 11.0. The molecule has 1 heterocycles. The van der Waals surface area contributed by atoms with Gasteiger partial charge in [0.2, 0.25) is 10.0 Å². The van der Waals surface area contributed by atoms with E-state index in [9.17, 15) is 8.42 Å². The lowest BCUT2D eigenvalue weighted by Gasteiger charge is -2.23. The van der Waals surface area contributed by atoms with Gasteiger partial charge in [-0.2, -0.15) is 0 Å². The summed E-state index contributed by atoms with van der Waals surface area (Å²) in [5.41, 5.74) is 0.448. The smallest absolute Gasteiger partial charge is 0.209 e. The van der Waals surface area contributed by atoms with E-state index in [4.69, 9.17) is 0 Å². The van der Waals surface area contributed by atoms with Crippen LogP contribution in [0.5, 0.6) is 0 Å². The number of thiazole rings is 1. The van der Waals surface area contributed by atoms with Crippen molar-refractivity contribution in [2.24, 2.45) is 4.99 Å². The summed E-state index contributed by atoms with van der Waals surface area (Å²) >= 11 is 1.72. The minimum absolute atomic E-state index is 0.338. The predicted octanol–water partition coefficient (Wildman–Crippen LogP) is 1.19. The molecule has 0 bridgehead atoms. The Morgan fingerprint density at radius 2 is 1.96 bits per heavy atom. The van der Waals surface area contributed by atoms with Gasteiger partial charge in [0.25, 0.3) is 0 Å². The fourth-order valence-corrected chi connectivity index (χ4v) is 4.09. The van der Waals surface area contributed by atoms with Gasteiger partial charge in [0, 0.05) is 29.9 Å². The molecule has 0 aliphatic rings. The van der Waals surface area contributed by atoms with Crippen LogP contribution in [0.1, 0.15) is 36.3 Å². The number of nitrogens with zero attached hydrogens (tertiary/aromatic N) is 2. The Hall–Kier alpha value is -1.19. The second-order valence-corrected chi connectivity index (χ2v) is 9.42. The molecule has 1 rings (SSSR count). The van der Waals surface area contributed by atoms with E-state index in [0.29, 0.717) is 12.5 Å². The average Bonchev–Trinajstić information content (AvgIpc) is 2.72. The standard InChI is InChI=1S/C15H29N5O2S2/c1-7-16-14(18-10-15(4,5)20-24(6,21)22)17-9-8-13-19-11(2)12(3)23-13/h20H,7-10H2,1-6H3,(H2,16,17,18). The van der Waals surface area contributed by atoms with Crippen LogP contribution in [0.3, 0.4) is 0 Å². The molecule has 0 atom stereocenters. The van der Waals surface area contributed by atoms with Crippen LogP contribution in [0.4, 0.5) is 0 Å². The molecule has 0 aromatic carbocycles. The van der Waals surface area contributed by atoms with Gasteiger partial charge in [-0.25, -0.2) is 18.1 Å². The van der Waals surface area contributed by atoms with Crippen molar-refractivity contribution < 1.29 is 8.42 Å². The highest BCUT2D eigenvalue weighted by molar-refractivity contribution is 7.88. The monoisotopic (exact) mass is 375 g/mol. The predicted molar refractivity (Wildman–Crippen MR) is 101 cm³/mol. The lowest BCUT2D eigenvalue weighted by molar-refractivity contribution is 0.464. The third kappa shape index (κ3) is 8.07. The van der Waals surface area contributed by atoms with E-state index in [0.717, 1.165) is 36.5 Å². The Balaban J connectivity index is 2.59. The minimum atomic E-state index is -3.26. The lowest BCUT2D eigenvalue weighted by Crippen LogP contribution is -2.47. The van der Waals surface area contributed by atoms with Crippen molar-refractivity contribution in [3.63, 3.8) is 0 Å². The van der Waals surface area contributed by atoms with Crippen molar-refractivity contribution in [1.29, 1.82) is 0 Å². The molecule has 0 saturated heterocycles. The van der Waals surface area contributed by atoms with Gasteiger partial charge in [0.15, 0.2) is 5.96 Å². The fraction of sp³-hybridized carbons (Fsp3) is 0.733. The first-order valence-corrected chi connectivity index (χ1v) is 10.7. The SMILES string of the molecule is CCNC(=NCC(C)(C)NS(C)(=O)=O)NCCc1nc(C)c(C)s1. The van der Waals surface area contributed by atoms with Gasteiger partial charge in [-0.3, -0.25) is 4.99 Å². The van der Waals surface area contributed by atoms with Gasteiger partial charge >= 0.3 is 0 Å². The lowest BCUT2D eigenvalue weighted by atomic mass is 10.1. The van der Waals surface area contributed by atoms with Gasteiger partial charge in [0.05, 0.1) is 23.5 Å². The van der Waals surface area contributed by atoms with Gasteiger partial charge < -0.3 is 10.6 Å². The van der Waals surface area contributed by atoms with Crippen LogP contribution in [0, 0.1) is 13.8 Å². The molecule has 7 nitrogen and oxygen atoms in total. The van der Waals surface area contributed by atoms with E-state index in [-0.39, 0.29) is 0 Å². The van der Waals surface area contributed by atoms with Crippen molar-refractivity contribution in [1.82, 2.24) is 20.3 Å². The summed E-state index contributed by atoms with van der Waals surface area (Å²) in [4.78, 5) is 10.2. The minimum Gasteiger partial charge on any atom is -0.357 e. The van der Waals surface area contributed by atoms with Crippen LogP contribution < -0.4 is 15.4 Å². The summed E-state index contributed by atoms with van der Waals surface area (Å²) in [6, 6.07) is 0. The molecule has 0 spiro atoms. The third-order valence-electron chi connectivity index (χ3n) is 3.14. The summed E-state index contributed by atoms with van der Waals surface area (Å²) in [5, 5.41) is 7.53. The van der Waals surface area contributed by atoms with E-state index < -0.39 is 15.6 Å². The number of sulfonamides is 1. The molecule has 0 fully saturated rings. The molecule has 0 radical (unpaired) electrons. The molecule has 24 heavy (non-hydrogen) atoms. The first kappa shape index (κ1) is 20.9. The van der Waals surface area contributed by atoms with Crippen molar-refractivity contribution >= 4 is 27.3 Å². The zero-order chi connectivity index (χ0) is 18.4. The summed E-state index contributed by atoms with van der Waals surface area (Å²) in [6.07, 6.45) is 1.98. The van der Waals surface area contributed by atoms with E-state index in [1.54, 1.807) is 11.3 Å². The zero-order valence-electron chi connectivity index (χ0n) is 15.4. The van der Waals surface area contributed by atoms with Crippen molar-refractivity contribution in [3.05, 3.63) is 15.6 Å². The molecule has 0 saturated carbocycles. The average molecular weight is 376 g/mol. The second-order valence-electron chi connectivity index (χ2n) is 6.38. The maximum absolute atomic E-state index is 11.4. The third-order valence-corrected chi connectivity index (χ3v) is 5.20. The summed E-state index contributed by atoms with van der Waals surface area (Å²) in [6.45, 7) is 11.5. The highest BCUT2D eigenvalue weighted by atomic mass is 32.2. The molecule has 0 aliphatic carbocycles. The normalized spacial score (nSPS) is 13.2. The van der Waals surface area contributed by atoms with Crippen molar-refractivity contribution in [3.8, 4) is 0 Å². The number of aryl methyl sites for hydroxylation is 2. The summed E-state index contributed by atoms with van der Waals surface area (Å²) in [5.74, 6) is 0.672. The van der Waals surface area contributed by atoms with Crippen LogP contribution in [0.2, 0.25) is 0 Å². The zero-order valence-corrected chi connectivity index (χ0v) is 17.0. The highest BCUT2D eigenvalue weighted by Gasteiger charge is 2.21. The number of nitrogens with one attached hydrogen (secondary N) is 3. The van der Waals surface area contributed by atoms with E-state index >= 15 is 0 Å². The van der Waals surface area contributed by atoms with Crippen LogP contribution in [0.25, 0.3) is 0 Å². The van der Waals surface area contributed by atoms with Crippen LogP contribution in [0.15, 0.2) is 4.99 Å². The maximum atomic E-state index is 11.4. The van der Waals surface area contributed by atoms with Gasteiger partial charge in [-0.1, -0.05) is 0 Å². The molecule has 0 aliphatic heterocycles. The van der Waals surface area contributed by atoms with E-state index in [1.165, 1.54) is 4.88 Å². The maximum Gasteiger partial charge on any atom is 0.209 e. The number of hydrogen-bond donors (Lipinski definition) is 3. The Kier molecular flexibility index (Phi) is 7.62. The molecular weight excluding hydrogens is 346 g/mol. The quantitative estimate of drug-likeness (QED) is 0.468. The van der Waals surface area contributed by atoms with Crippen LogP contribution >= 0.6 is 11.3 Å². The molecule has 1 aromatic rings. The topological polar surface area (TPSA) is 95.5 Å². The van der Waals surface area contributed by atoms with Gasteiger partial charge in [-0.05, 0) is 34.6 Å². The number of rotatable bonds is 8. The van der Waals surface area contributed by atoms with Crippen LogP contribution in [-0.4, -0.2) is 50.8 Å². The number of aromatic nitrogens is 1. The van der Waals surface area contributed by atoms with Gasteiger partial charge in [-0.15, -0.1) is 11.3 Å². The Morgan fingerprint density at radius 3 is 2.46 bits per heavy atom. The highest BCUT2D eigenvalue weighted by Crippen LogP contribution is 2.16. The summed E-state index contributed by atoms with van der Waals surface area (Å²) in [7, 11) is -3.26. The Labute approximate surface area is 149 Å². The Morgan fingerprint density at radius 1 is 1.29 bits per heavy atom. The number of guanidine groups is 1. The number of aliphatic imine (C=N–C) groups is 1. The summed E-state index contributed by atoms with van der Waals surface area (Å²) < 4.78 is 25.3. The van der Waals surface area contributed by atoms with Crippen molar-refractivity contribution in [2.75, 3.05) is 25.9 Å². The first-order valence-electron chi connectivity index (χ1n) is 7.96. The molecule has 9 heteroatoms. The molecule has 0 amide bonds. The molecule has 1 aromatic heterocycles. The fourth-order valence-electron chi connectivity index (χ4n) is 2.09. The Bertz CT molecular complexity index is 646. The van der Waals surface area contributed by atoms with Crippen LogP contribution in [-0.2, 0) is 16.4 Å². The second kappa shape index (κ2) is 8.77. The largest absolute Gasteiger partial charge is 0.357 e.